The van der Waals surface area contributed by atoms with Crippen molar-refractivity contribution in [3.05, 3.63) is 0 Å². The maximum absolute atomic E-state index is 12.8. The number of nitrogens with one attached hydrogen (secondary N) is 1. The van der Waals surface area contributed by atoms with Crippen LogP contribution in [0.25, 0.3) is 0 Å². The maximum Gasteiger partial charge on any atom is 0.282 e. The lowest BCUT2D eigenvalue weighted by Gasteiger charge is -2.35. The Bertz CT molecular complexity index is 434. The van der Waals surface area contributed by atoms with Crippen LogP contribution < -0.4 is 5.32 Å². The smallest absolute Gasteiger partial charge is 0.282 e. The first-order valence-corrected chi connectivity index (χ1v) is 9.46. The SMILES string of the molecule is CN(C1CCCCC1)S(=O)(=O)N1CCC2CCC(C1)N2. The molecule has 116 valence electrons. The lowest BCUT2D eigenvalue weighted by molar-refractivity contribution is 0.259. The standard InChI is InChI=1S/C14H27N3O2S/c1-16(14-5-3-2-4-6-14)20(18,19)17-10-9-12-7-8-13(11-17)15-12/h12-15H,2-11H2,1H3. The summed E-state index contributed by atoms with van der Waals surface area (Å²) in [6.45, 7) is 1.32. The highest BCUT2D eigenvalue weighted by atomic mass is 32.2. The topological polar surface area (TPSA) is 52.7 Å². The Kier molecular flexibility index (Phi) is 4.36. The molecule has 2 heterocycles. The minimum absolute atomic E-state index is 0.210. The molecule has 1 aliphatic carbocycles. The van der Waals surface area contributed by atoms with Crippen molar-refractivity contribution in [1.29, 1.82) is 0 Å². The van der Waals surface area contributed by atoms with Crippen LogP contribution in [0.1, 0.15) is 51.4 Å². The van der Waals surface area contributed by atoms with Gasteiger partial charge >= 0.3 is 0 Å². The molecule has 1 saturated carbocycles. The third-order valence-corrected chi connectivity index (χ3v) is 7.28. The van der Waals surface area contributed by atoms with Gasteiger partial charge in [0.25, 0.3) is 10.2 Å². The molecule has 2 aliphatic heterocycles. The minimum atomic E-state index is -3.28. The highest BCUT2D eigenvalue weighted by molar-refractivity contribution is 7.86. The van der Waals surface area contributed by atoms with Crippen LogP contribution in [0.5, 0.6) is 0 Å². The van der Waals surface area contributed by atoms with E-state index in [0.717, 1.165) is 38.5 Å². The molecule has 3 rings (SSSR count). The fourth-order valence-corrected chi connectivity index (χ4v) is 5.59. The summed E-state index contributed by atoms with van der Waals surface area (Å²) >= 11 is 0. The van der Waals surface area contributed by atoms with Gasteiger partial charge in [-0.3, -0.25) is 0 Å². The number of hydrogen-bond donors (Lipinski definition) is 1. The summed E-state index contributed by atoms with van der Waals surface area (Å²) in [6.07, 6.45) is 8.90. The summed E-state index contributed by atoms with van der Waals surface area (Å²) in [6, 6.07) is 1.10. The second kappa shape index (κ2) is 5.91. The highest BCUT2D eigenvalue weighted by Gasteiger charge is 2.38. The molecule has 20 heavy (non-hydrogen) atoms. The number of nitrogens with zero attached hydrogens (tertiary/aromatic N) is 2. The molecule has 3 aliphatic rings. The number of fused-ring (bicyclic) bond motifs is 2. The van der Waals surface area contributed by atoms with E-state index in [2.05, 4.69) is 5.32 Å². The summed E-state index contributed by atoms with van der Waals surface area (Å²) in [4.78, 5) is 0. The Morgan fingerprint density at radius 2 is 1.70 bits per heavy atom. The molecular weight excluding hydrogens is 274 g/mol. The predicted octanol–water partition coefficient (Wildman–Crippen LogP) is 1.32. The lowest BCUT2D eigenvalue weighted by Crippen LogP contribution is -2.49. The first-order chi connectivity index (χ1) is 9.57. The van der Waals surface area contributed by atoms with Crippen molar-refractivity contribution in [3.63, 3.8) is 0 Å². The van der Waals surface area contributed by atoms with Crippen molar-refractivity contribution in [1.82, 2.24) is 13.9 Å². The quantitative estimate of drug-likeness (QED) is 0.855. The fraction of sp³-hybridized carbons (Fsp3) is 1.00. The van der Waals surface area contributed by atoms with Gasteiger partial charge in [0.15, 0.2) is 0 Å². The van der Waals surface area contributed by atoms with Crippen molar-refractivity contribution in [3.8, 4) is 0 Å². The van der Waals surface area contributed by atoms with Gasteiger partial charge in [-0.05, 0) is 32.1 Å². The van der Waals surface area contributed by atoms with Gasteiger partial charge in [-0.25, -0.2) is 0 Å². The fourth-order valence-electron chi connectivity index (χ4n) is 3.94. The normalized spacial score (nSPS) is 33.5. The van der Waals surface area contributed by atoms with Gasteiger partial charge in [0.05, 0.1) is 0 Å². The van der Waals surface area contributed by atoms with Gasteiger partial charge < -0.3 is 5.32 Å². The Morgan fingerprint density at radius 1 is 1.00 bits per heavy atom. The second-order valence-corrected chi connectivity index (χ2v) is 8.59. The van der Waals surface area contributed by atoms with E-state index >= 15 is 0 Å². The van der Waals surface area contributed by atoms with E-state index in [9.17, 15) is 8.42 Å². The summed E-state index contributed by atoms with van der Waals surface area (Å²) < 4.78 is 29.1. The molecule has 1 N–H and O–H groups in total. The van der Waals surface area contributed by atoms with Gasteiger partial charge in [-0.15, -0.1) is 0 Å². The van der Waals surface area contributed by atoms with Gasteiger partial charge in [0.1, 0.15) is 0 Å². The average molecular weight is 301 g/mol. The Morgan fingerprint density at radius 3 is 2.45 bits per heavy atom. The van der Waals surface area contributed by atoms with Crippen LogP contribution >= 0.6 is 0 Å². The molecule has 0 amide bonds. The minimum Gasteiger partial charge on any atom is -0.310 e. The molecule has 2 bridgehead atoms. The van der Waals surface area contributed by atoms with E-state index in [1.165, 1.54) is 12.8 Å². The molecule has 2 atom stereocenters. The zero-order valence-electron chi connectivity index (χ0n) is 12.4. The van der Waals surface area contributed by atoms with Gasteiger partial charge in [-0.1, -0.05) is 19.3 Å². The molecule has 2 unspecified atom stereocenters. The van der Waals surface area contributed by atoms with Gasteiger partial charge in [-0.2, -0.15) is 17.0 Å². The van der Waals surface area contributed by atoms with E-state index < -0.39 is 10.2 Å². The highest BCUT2D eigenvalue weighted by Crippen LogP contribution is 2.27. The molecule has 6 heteroatoms. The maximum atomic E-state index is 12.8. The molecule has 3 fully saturated rings. The second-order valence-electron chi connectivity index (χ2n) is 6.60. The third-order valence-electron chi connectivity index (χ3n) is 5.27. The Hall–Kier alpha value is -0.170. The molecule has 2 saturated heterocycles. The molecular formula is C14H27N3O2S. The first-order valence-electron chi connectivity index (χ1n) is 8.06. The molecule has 0 radical (unpaired) electrons. The summed E-state index contributed by atoms with van der Waals surface area (Å²) in [5.74, 6) is 0. The number of hydrogen-bond acceptors (Lipinski definition) is 3. The van der Waals surface area contributed by atoms with Crippen LogP contribution in [0, 0.1) is 0 Å². The zero-order chi connectivity index (χ0) is 14.2. The van der Waals surface area contributed by atoms with Gasteiger partial charge in [0, 0.05) is 38.3 Å². The van der Waals surface area contributed by atoms with Crippen molar-refractivity contribution < 1.29 is 8.42 Å². The van der Waals surface area contributed by atoms with Crippen LogP contribution in [-0.4, -0.2) is 55.3 Å². The summed E-state index contributed by atoms with van der Waals surface area (Å²) in [5, 5.41) is 3.55. The Balaban J connectivity index is 1.70. The Labute approximate surface area is 122 Å². The molecule has 0 aromatic heterocycles. The molecule has 0 aromatic carbocycles. The van der Waals surface area contributed by atoms with Crippen LogP contribution in [-0.2, 0) is 10.2 Å². The average Bonchev–Trinajstić information content (AvgIpc) is 2.77. The van der Waals surface area contributed by atoms with Crippen LogP contribution in [0.3, 0.4) is 0 Å². The van der Waals surface area contributed by atoms with E-state index in [0.29, 0.717) is 25.2 Å². The van der Waals surface area contributed by atoms with Gasteiger partial charge in [0.2, 0.25) is 0 Å². The van der Waals surface area contributed by atoms with Crippen LogP contribution in [0.15, 0.2) is 0 Å². The first kappa shape index (κ1) is 14.8. The lowest BCUT2D eigenvalue weighted by atomic mass is 9.96. The van der Waals surface area contributed by atoms with Crippen LogP contribution in [0.2, 0.25) is 0 Å². The van der Waals surface area contributed by atoms with E-state index in [1.54, 1.807) is 15.7 Å². The van der Waals surface area contributed by atoms with Crippen molar-refractivity contribution in [2.75, 3.05) is 20.1 Å². The summed E-state index contributed by atoms with van der Waals surface area (Å²) in [7, 11) is -1.50. The van der Waals surface area contributed by atoms with Crippen molar-refractivity contribution in [2.24, 2.45) is 0 Å². The van der Waals surface area contributed by atoms with E-state index in [1.807, 2.05) is 0 Å². The number of rotatable bonds is 3. The van der Waals surface area contributed by atoms with E-state index in [4.69, 9.17) is 0 Å². The molecule has 0 spiro atoms. The van der Waals surface area contributed by atoms with E-state index in [-0.39, 0.29) is 6.04 Å². The third kappa shape index (κ3) is 2.89. The monoisotopic (exact) mass is 301 g/mol. The van der Waals surface area contributed by atoms with Crippen LogP contribution in [0.4, 0.5) is 0 Å². The molecule has 5 nitrogen and oxygen atoms in total. The summed E-state index contributed by atoms with van der Waals surface area (Å²) in [5.41, 5.74) is 0. The zero-order valence-corrected chi connectivity index (χ0v) is 13.2. The van der Waals surface area contributed by atoms with Crippen molar-refractivity contribution >= 4 is 10.2 Å². The molecule has 0 aromatic rings. The predicted molar refractivity (Wildman–Crippen MR) is 79.7 cm³/mol. The largest absolute Gasteiger partial charge is 0.310 e. The van der Waals surface area contributed by atoms with Crippen molar-refractivity contribution in [2.45, 2.75) is 69.5 Å².